The topological polar surface area (TPSA) is 87.7 Å². The van der Waals surface area contributed by atoms with Gasteiger partial charge in [-0.25, -0.2) is 9.18 Å². The smallest absolute Gasteiger partial charge is 0.322 e. The Hall–Kier alpha value is -2.48. The van der Waals surface area contributed by atoms with Crippen molar-refractivity contribution in [2.24, 2.45) is 0 Å². The van der Waals surface area contributed by atoms with Crippen molar-refractivity contribution in [2.75, 3.05) is 13.1 Å². The molecule has 0 unspecified atom stereocenters. The molecule has 0 aliphatic carbocycles. The number of likely N-dealkylation sites (tertiary alicyclic amines) is 1. The Morgan fingerprint density at radius 2 is 2.04 bits per heavy atom. The number of hydrogen-bond donors (Lipinski definition) is 2. The highest BCUT2D eigenvalue weighted by atomic mass is 19.1. The van der Waals surface area contributed by atoms with Gasteiger partial charge in [0.2, 0.25) is 5.91 Å². The van der Waals surface area contributed by atoms with Crippen LogP contribution in [0.4, 0.5) is 9.18 Å². The number of amides is 4. The second kappa shape index (κ2) is 6.96. The van der Waals surface area contributed by atoms with Crippen LogP contribution in [-0.2, 0) is 20.9 Å². The lowest BCUT2D eigenvalue weighted by Gasteiger charge is -2.39. The van der Waals surface area contributed by atoms with E-state index < -0.39 is 18.0 Å². The van der Waals surface area contributed by atoms with Crippen LogP contribution in [0.2, 0.25) is 0 Å². The molecule has 2 saturated heterocycles. The second-order valence-electron chi connectivity index (χ2n) is 5.88. The summed E-state index contributed by atoms with van der Waals surface area (Å²) in [5.74, 6) is -0.793. The standard InChI is InChI=1S/C16H18FN3O4/c17-12-4-2-1-3-10(12)9-24-11-7-20(8-11)14(21)6-5-13-15(22)19-16(23)18-13/h1-4,11,13H,5-9H2,(H2,18,19,22,23)/t13-/m0/s1. The summed E-state index contributed by atoms with van der Waals surface area (Å²) in [5.41, 5.74) is 0.491. The zero-order valence-corrected chi connectivity index (χ0v) is 13.0. The summed E-state index contributed by atoms with van der Waals surface area (Å²) in [5, 5.41) is 4.58. The average molecular weight is 335 g/mol. The van der Waals surface area contributed by atoms with Gasteiger partial charge in [-0.15, -0.1) is 0 Å². The summed E-state index contributed by atoms with van der Waals surface area (Å²) < 4.78 is 19.0. The van der Waals surface area contributed by atoms with Crippen LogP contribution >= 0.6 is 0 Å². The van der Waals surface area contributed by atoms with E-state index in [1.807, 2.05) is 0 Å². The summed E-state index contributed by atoms with van der Waals surface area (Å²) >= 11 is 0. The molecule has 2 aliphatic rings. The predicted molar refractivity (Wildman–Crippen MR) is 81.3 cm³/mol. The number of nitrogens with zero attached hydrogens (tertiary/aromatic N) is 1. The number of carbonyl (C=O) groups excluding carboxylic acids is 3. The number of ether oxygens (including phenoxy) is 1. The molecule has 0 radical (unpaired) electrons. The van der Waals surface area contributed by atoms with Crippen LogP contribution in [0, 0.1) is 5.82 Å². The van der Waals surface area contributed by atoms with Crippen molar-refractivity contribution in [1.82, 2.24) is 15.5 Å². The number of nitrogens with one attached hydrogen (secondary N) is 2. The molecule has 1 aromatic carbocycles. The number of urea groups is 1. The SMILES string of the molecule is O=C1NC(=O)[C@H](CCC(=O)N2CC(OCc3ccccc3F)C2)N1. The fourth-order valence-electron chi connectivity index (χ4n) is 2.66. The lowest BCUT2D eigenvalue weighted by molar-refractivity contribution is -0.146. The van der Waals surface area contributed by atoms with E-state index in [9.17, 15) is 18.8 Å². The van der Waals surface area contributed by atoms with Gasteiger partial charge in [-0.2, -0.15) is 0 Å². The van der Waals surface area contributed by atoms with Gasteiger partial charge in [0.1, 0.15) is 11.9 Å². The average Bonchev–Trinajstić information content (AvgIpc) is 2.83. The van der Waals surface area contributed by atoms with Crippen LogP contribution in [0.1, 0.15) is 18.4 Å². The Morgan fingerprint density at radius 1 is 1.29 bits per heavy atom. The molecular weight excluding hydrogens is 317 g/mol. The first kappa shape index (κ1) is 16.4. The molecule has 0 bridgehead atoms. The maximum absolute atomic E-state index is 13.5. The molecule has 0 spiro atoms. The molecule has 0 aromatic heterocycles. The molecule has 0 saturated carbocycles. The fraction of sp³-hybridized carbons (Fsp3) is 0.438. The zero-order valence-electron chi connectivity index (χ0n) is 13.0. The highest BCUT2D eigenvalue weighted by Crippen LogP contribution is 2.17. The Kier molecular flexibility index (Phi) is 4.75. The monoisotopic (exact) mass is 335 g/mol. The van der Waals surface area contributed by atoms with Gasteiger partial charge in [-0.3, -0.25) is 14.9 Å². The Labute approximate surface area is 138 Å². The third-order valence-corrected chi connectivity index (χ3v) is 4.14. The molecule has 2 N–H and O–H groups in total. The predicted octanol–water partition coefficient (Wildman–Crippen LogP) is 0.541. The molecule has 2 heterocycles. The molecule has 1 aromatic rings. The second-order valence-corrected chi connectivity index (χ2v) is 5.88. The summed E-state index contributed by atoms with van der Waals surface area (Å²) in [4.78, 5) is 36.0. The fourth-order valence-corrected chi connectivity index (χ4v) is 2.66. The van der Waals surface area contributed by atoms with Gasteiger partial charge in [0.15, 0.2) is 0 Å². The zero-order chi connectivity index (χ0) is 17.1. The Morgan fingerprint density at radius 3 is 2.71 bits per heavy atom. The van der Waals surface area contributed by atoms with Gasteiger partial charge in [0.25, 0.3) is 5.91 Å². The Bertz CT molecular complexity index is 660. The van der Waals surface area contributed by atoms with Crippen LogP contribution in [0.15, 0.2) is 24.3 Å². The number of hydrogen-bond acceptors (Lipinski definition) is 4. The highest BCUT2D eigenvalue weighted by molar-refractivity contribution is 6.04. The maximum atomic E-state index is 13.5. The third-order valence-electron chi connectivity index (χ3n) is 4.14. The van der Waals surface area contributed by atoms with Crippen LogP contribution < -0.4 is 10.6 Å². The highest BCUT2D eigenvalue weighted by Gasteiger charge is 2.34. The summed E-state index contributed by atoms with van der Waals surface area (Å²) in [7, 11) is 0. The van der Waals surface area contributed by atoms with E-state index in [1.165, 1.54) is 6.07 Å². The van der Waals surface area contributed by atoms with Crippen molar-refractivity contribution in [2.45, 2.75) is 31.6 Å². The first-order chi connectivity index (χ1) is 11.5. The van der Waals surface area contributed by atoms with Crippen molar-refractivity contribution in [3.8, 4) is 0 Å². The van der Waals surface area contributed by atoms with E-state index >= 15 is 0 Å². The van der Waals surface area contributed by atoms with Gasteiger partial charge in [-0.05, 0) is 12.5 Å². The van der Waals surface area contributed by atoms with E-state index in [0.717, 1.165) is 0 Å². The maximum Gasteiger partial charge on any atom is 0.322 e. The molecule has 2 fully saturated rings. The quantitative estimate of drug-likeness (QED) is 0.743. The minimum absolute atomic E-state index is 0.0882. The summed E-state index contributed by atoms with van der Waals surface area (Å²) in [6.07, 6.45) is 0.342. The molecule has 128 valence electrons. The molecule has 1 atom stereocenters. The van der Waals surface area contributed by atoms with Crippen molar-refractivity contribution in [1.29, 1.82) is 0 Å². The van der Waals surface area contributed by atoms with Gasteiger partial charge in [-0.1, -0.05) is 18.2 Å². The molecule has 7 nitrogen and oxygen atoms in total. The Balaban J connectivity index is 1.35. The normalized spacial score (nSPS) is 20.5. The number of halogens is 1. The molecular formula is C16H18FN3O4. The van der Waals surface area contributed by atoms with E-state index in [1.54, 1.807) is 23.1 Å². The van der Waals surface area contributed by atoms with Gasteiger partial charge >= 0.3 is 6.03 Å². The molecule has 3 rings (SSSR count). The van der Waals surface area contributed by atoms with Crippen LogP contribution in [0.3, 0.4) is 0 Å². The van der Waals surface area contributed by atoms with E-state index in [4.69, 9.17) is 4.74 Å². The lowest BCUT2D eigenvalue weighted by Crippen LogP contribution is -2.54. The minimum Gasteiger partial charge on any atom is -0.370 e. The molecule has 8 heteroatoms. The van der Waals surface area contributed by atoms with E-state index in [2.05, 4.69) is 10.6 Å². The van der Waals surface area contributed by atoms with Crippen molar-refractivity contribution in [3.63, 3.8) is 0 Å². The van der Waals surface area contributed by atoms with Crippen LogP contribution in [0.25, 0.3) is 0 Å². The summed E-state index contributed by atoms with van der Waals surface area (Å²) in [6.45, 7) is 1.08. The molecule has 2 aliphatic heterocycles. The molecule has 4 amide bonds. The van der Waals surface area contributed by atoms with Gasteiger partial charge in [0, 0.05) is 25.1 Å². The first-order valence-electron chi connectivity index (χ1n) is 7.77. The van der Waals surface area contributed by atoms with E-state index in [-0.39, 0.29) is 37.3 Å². The number of benzene rings is 1. The third kappa shape index (κ3) is 3.70. The van der Waals surface area contributed by atoms with Gasteiger partial charge in [0.05, 0.1) is 12.7 Å². The largest absolute Gasteiger partial charge is 0.370 e. The number of imide groups is 1. The van der Waals surface area contributed by atoms with Crippen molar-refractivity contribution >= 4 is 17.8 Å². The first-order valence-corrected chi connectivity index (χ1v) is 7.77. The van der Waals surface area contributed by atoms with E-state index in [0.29, 0.717) is 18.7 Å². The van der Waals surface area contributed by atoms with Crippen LogP contribution in [-0.4, -0.2) is 48.0 Å². The number of rotatable bonds is 6. The van der Waals surface area contributed by atoms with Crippen molar-refractivity contribution < 1.29 is 23.5 Å². The lowest BCUT2D eigenvalue weighted by atomic mass is 10.1. The summed E-state index contributed by atoms with van der Waals surface area (Å²) in [6, 6.07) is 5.25. The minimum atomic E-state index is -0.643. The van der Waals surface area contributed by atoms with Crippen molar-refractivity contribution in [3.05, 3.63) is 35.6 Å². The van der Waals surface area contributed by atoms with Gasteiger partial charge < -0.3 is 15.0 Å². The molecule has 24 heavy (non-hydrogen) atoms. The van der Waals surface area contributed by atoms with Crippen LogP contribution in [0.5, 0.6) is 0 Å². The number of carbonyl (C=O) groups is 3.